The number of nitrogens with one attached hydrogen (secondary N) is 1. The highest BCUT2D eigenvalue weighted by Gasteiger charge is 2.20. The van der Waals surface area contributed by atoms with Crippen molar-refractivity contribution in [2.24, 2.45) is 4.99 Å². The molecule has 1 N–H and O–H groups in total. The van der Waals surface area contributed by atoms with E-state index in [0.717, 1.165) is 12.1 Å². The normalized spacial score (nSPS) is 11.3. The number of nitrogens with zero attached hydrogens (tertiary/aromatic N) is 2. The van der Waals surface area contributed by atoms with E-state index in [4.69, 9.17) is 21.1 Å². The molecule has 0 aliphatic carbocycles. The number of non-ortho nitro benzene ring substituents is 1. The van der Waals surface area contributed by atoms with E-state index in [1.807, 2.05) is 0 Å². The van der Waals surface area contributed by atoms with Gasteiger partial charge in [0.2, 0.25) is 5.90 Å². The minimum atomic E-state index is -0.946. The average molecular weight is 490 g/mol. The van der Waals surface area contributed by atoms with E-state index in [0.29, 0.717) is 5.75 Å². The van der Waals surface area contributed by atoms with Gasteiger partial charge in [-0.3, -0.25) is 10.1 Å². The fourth-order valence-corrected chi connectivity index (χ4v) is 2.95. The Morgan fingerprint density at radius 3 is 2.29 bits per heavy atom. The van der Waals surface area contributed by atoms with E-state index in [-0.39, 0.29) is 22.1 Å². The first-order valence-electron chi connectivity index (χ1n) is 9.86. The molecule has 3 rings (SSSR count). The molecule has 0 saturated heterocycles. The predicted octanol–water partition coefficient (Wildman–Crippen LogP) is 6.72. The predicted molar refractivity (Wildman–Crippen MR) is 123 cm³/mol. The molecule has 3 aromatic carbocycles. The summed E-state index contributed by atoms with van der Waals surface area (Å²) in [4.78, 5) is 26.3. The van der Waals surface area contributed by atoms with Crippen LogP contribution >= 0.6 is 11.6 Å². The molecule has 0 fully saturated rings. The zero-order valence-corrected chi connectivity index (χ0v) is 18.7. The van der Waals surface area contributed by atoms with E-state index in [9.17, 15) is 23.7 Å². The van der Waals surface area contributed by atoms with Gasteiger partial charge >= 0.3 is 6.03 Å². The van der Waals surface area contributed by atoms with Crippen LogP contribution in [0, 0.1) is 21.7 Å². The Kier molecular flexibility index (Phi) is 7.75. The number of hydrogen-bond acceptors (Lipinski definition) is 5. The topological polar surface area (TPSA) is 103 Å². The summed E-state index contributed by atoms with van der Waals surface area (Å²) in [6, 6.07) is 12.0. The smallest absolute Gasteiger partial charge is 0.348 e. The van der Waals surface area contributed by atoms with Gasteiger partial charge in [-0.1, -0.05) is 17.7 Å². The summed E-state index contributed by atoms with van der Waals surface area (Å²) in [6.45, 7) is 3.24. The Bertz CT molecular complexity index is 1230. The number of nitro groups is 1. The first-order valence-corrected chi connectivity index (χ1v) is 10.2. The lowest BCUT2D eigenvalue weighted by atomic mass is 10.2. The summed E-state index contributed by atoms with van der Waals surface area (Å²) in [5.41, 5.74) is -0.419. The fraction of sp³-hybridized carbons (Fsp3) is 0.130. The molecule has 2 amide bonds. The van der Waals surface area contributed by atoms with Gasteiger partial charge in [-0.25, -0.2) is 13.6 Å². The van der Waals surface area contributed by atoms with Crippen LogP contribution in [-0.2, 0) is 4.74 Å². The molecular formula is C23H18ClF2N3O5. The van der Waals surface area contributed by atoms with Gasteiger partial charge in [0, 0.05) is 17.8 Å². The zero-order chi connectivity index (χ0) is 24.8. The fourth-order valence-electron chi connectivity index (χ4n) is 2.73. The van der Waals surface area contributed by atoms with Crippen molar-refractivity contribution >= 4 is 34.9 Å². The van der Waals surface area contributed by atoms with E-state index in [1.165, 1.54) is 48.5 Å². The lowest BCUT2D eigenvalue weighted by molar-refractivity contribution is -0.384. The first-order chi connectivity index (χ1) is 16.1. The summed E-state index contributed by atoms with van der Waals surface area (Å²) in [5, 5.41) is 13.3. The highest BCUT2D eigenvalue weighted by molar-refractivity contribution is 6.32. The largest absolute Gasteiger partial charge is 0.474 e. The summed E-state index contributed by atoms with van der Waals surface area (Å²) in [6.07, 6.45) is -0.504. The molecule has 176 valence electrons. The van der Waals surface area contributed by atoms with Crippen LogP contribution in [0.4, 0.5) is 25.0 Å². The third-order valence-electron chi connectivity index (χ3n) is 4.19. The number of rotatable bonds is 6. The highest BCUT2D eigenvalue weighted by atomic mass is 35.5. The molecule has 34 heavy (non-hydrogen) atoms. The summed E-state index contributed by atoms with van der Waals surface area (Å²) < 4.78 is 39.3. The third kappa shape index (κ3) is 6.26. The number of nitro benzene ring substituents is 1. The molecule has 0 bridgehead atoms. The van der Waals surface area contributed by atoms with Crippen molar-refractivity contribution in [2.45, 2.75) is 20.0 Å². The van der Waals surface area contributed by atoms with Gasteiger partial charge in [0.05, 0.1) is 16.0 Å². The highest BCUT2D eigenvalue weighted by Crippen LogP contribution is 2.32. The first kappa shape index (κ1) is 24.6. The van der Waals surface area contributed by atoms with Crippen molar-refractivity contribution in [3.8, 4) is 11.5 Å². The Hall–Kier alpha value is -4.05. The van der Waals surface area contributed by atoms with E-state index >= 15 is 0 Å². The van der Waals surface area contributed by atoms with Crippen molar-refractivity contribution in [1.29, 1.82) is 0 Å². The number of halogens is 3. The van der Waals surface area contributed by atoms with Crippen molar-refractivity contribution in [3.63, 3.8) is 0 Å². The van der Waals surface area contributed by atoms with Crippen LogP contribution in [0.3, 0.4) is 0 Å². The van der Waals surface area contributed by atoms with Crippen LogP contribution in [0.15, 0.2) is 65.7 Å². The second-order valence-corrected chi connectivity index (χ2v) is 7.52. The van der Waals surface area contributed by atoms with Crippen molar-refractivity contribution in [2.75, 3.05) is 5.32 Å². The molecule has 11 heteroatoms. The van der Waals surface area contributed by atoms with E-state index in [1.54, 1.807) is 13.8 Å². The second kappa shape index (κ2) is 10.7. The summed E-state index contributed by atoms with van der Waals surface area (Å²) >= 11 is 6.21. The van der Waals surface area contributed by atoms with Crippen molar-refractivity contribution < 1.29 is 28.0 Å². The number of hydrogen-bond donors (Lipinski definition) is 1. The van der Waals surface area contributed by atoms with Gasteiger partial charge in [-0.15, -0.1) is 0 Å². The zero-order valence-electron chi connectivity index (χ0n) is 17.9. The van der Waals surface area contributed by atoms with Crippen LogP contribution in [0.5, 0.6) is 11.5 Å². The van der Waals surface area contributed by atoms with Crippen LogP contribution in [0.1, 0.15) is 19.4 Å². The van der Waals surface area contributed by atoms with Gasteiger partial charge in [0.1, 0.15) is 28.7 Å². The van der Waals surface area contributed by atoms with Crippen molar-refractivity contribution in [1.82, 2.24) is 0 Å². The quantitative estimate of drug-likeness (QED) is 0.179. The van der Waals surface area contributed by atoms with Gasteiger partial charge in [-0.05, 0) is 56.3 Å². The molecule has 0 aromatic heterocycles. The number of urea groups is 1. The number of anilines is 1. The summed E-state index contributed by atoms with van der Waals surface area (Å²) in [7, 11) is 0. The Balaban J connectivity index is 1.77. The van der Waals surface area contributed by atoms with Crippen molar-refractivity contribution in [3.05, 3.63) is 93.0 Å². The SMILES string of the molecule is CC(C)O/C(=N\C(=O)Nc1ccc(Oc2ccc([N+](=O)[O-])cc2)c(Cl)c1)c1c(F)cccc1F. The minimum absolute atomic E-state index is 0.0897. The standard InChI is InChI=1S/C23H18ClF2N3O5/c1-13(2)33-22(21-18(25)4-3-5-19(21)26)28-23(30)27-14-6-11-20(17(24)12-14)34-16-9-7-15(8-10-16)29(31)32/h3-13H,1-2H3,(H,27,30)/b28-22-. The maximum Gasteiger partial charge on any atom is 0.348 e. The minimum Gasteiger partial charge on any atom is -0.474 e. The van der Waals surface area contributed by atoms with Gasteiger partial charge in [0.15, 0.2) is 0 Å². The van der Waals surface area contributed by atoms with Gasteiger partial charge in [-0.2, -0.15) is 4.99 Å². The second-order valence-electron chi connectivity index (χ2n) is 7.11. The van der Waals surface area contributed by atoms with Gasteiger partial charge < -0.3 is 14.8 Å². The number of carbonyl (C=O) groups is 1. The van der Waals surface area contributed by atoms with Crippen LogP contribution in [-0.4, -0.2) is 23.0 Å². The van der Waals surface area contributed by atoms with E-state index < -0.39 is 40.2 Å². The lowest BCUT2D eigenvalue weighted by Crippen LogP contribution is -2.19. The maximum atomic E-state index is 14.2. The molecule has 0 aliphatic rings. The molecule has 0 saturated carbocycles. The molecule has 0 unspecified atom stereocenters. The molecule has 0 atom stereocenters. The molecule has 0 heterocycles. The van der Waals surface area contributed by atoms with Crippen LogP contribution in [0.25, 0.3) is 0 Å². The molecule has 0 aliphatic heterocycles. The number of carbonyl (C=O) groups excluding carboxylic acids is 1. The maximum absolute atomic E-state index is 14.2. The Morgan fingerprint density at radius 2 is 1.74 bits per heavy atom. The van der Waals surface area contributed by atoms with Crippen LogP contribution < -0.4 is 10.1 Å². The Labute approximate surface area is 197 Å². The Morgan fingerprint density at radius 1 is 1.09 bits per heavy atom. The molecule has 8 nitrogen and oxygen atoms in total. The average Bonchev–Trinajstić information content (AvgIpc) is 2.75. The van der Waals surface area contributed by atoms with Crippen LogP contribution in [0.2, 0.25) is 5.02 Å². The monoisotopic (exact) mass is 489 g/mol. The number of benzene rings is 3. The number of ether oxygens (including phenoxy) is 2. The number of aliphatic imine (C=N–C) groups is 1. The molecule has 0 radical (unpaired) electrons. The van der Waals surface area contributed by atoms with E-state index in [2.05, 4.69) is 10.3 Å². The van der Waals surface area contributed by atoms with Gasteiger partial charge in [0.25, 0.3) is 5.69 Å². The third-order valence-corrected chi connectivity index (χ3v) is 4.48. The number of amides is 2. The molecular weight excluding hydrogens is 472 g/mol. The molecule has 3 aromatic rings. The lowest BCUT2D eigenvalue weighted by Gasteiger charge is -2.14. The summed E-state index contributed by atoms with van der Waals surface area (Å²) in [5.74, 6) is -1.82. The molecule has 0 spiro atoms.